The van der Waals surface area contributed by atoms with E-state index in [1.807, 2.05) is 24.3 Å². The third-order valence-electron chi connectivity index (χ3n) is 3.59. The minimum absolute atomic E-state index is 0.0225. The average Bonchev–Trinajstić information content (AvgIpc) is 2.98. The molecule has 0 aliphatic rings. The van der Waals surface area contributed by atoms with Crippen LogP contribution in [0.5, 0.6) is 5.75 Å². The van der Waals surface area contributed by atoms with Gasteiger partial charge in [0.05, 0.1) is 30.7 Å². The Balaban J connectivity index is 1.96. The summed E-state index contributed by atoms with van der Waals surface area (Å²) in [5, 5.41) is 5.08. The highest BCUT2D eigenvalue weighted by Gasteiger charge is 2.22. The summed E-state index contributed by atoms with van der Waals surface area (Å²) in [6.07, 6.45) is 1.73. The summed E-state index contributed by atoms with van der Waals surface area (Å²) in [7, 11) is 1.62. The Bertz CT molecular complexity index is 923. The number of aromatic nitrogens is 3. The fourth-order valence-corrected chi connectivity index (χ4v) is 3.00. The lowest BCUT2D eigenvalue weighted by atomic mass is 10.2. The van der Waals surface area contributed by atoms with Crippen LogP contribution in [0.2, 0.25) is 10.2 Å². The summed E-state index contributed by atoms with van der Waals surface area (Å²) in [6, 6.07) is 7.63. The van der Waals surface area contributed by atoms with Crippen molar-refractivity contribution in [3.05, 3.63) is 51.8 Å². The van der Waals surface area contributed by atoms with Gasteiger partial charge in [-0.15, -0.1) is 0 Å². The number of hydrogen-bond donors (Lipinski definition) is 0. The zero-order valence-corrected chi connectivity index (χ0v) is 15.1. The molecule has 0 fully saturated rings. The van der Waals surface area contributed by atoms with Crippen molar-refractivity contribution in [2.75, 3.05) is 13.7 Å². The largest absolute Gasteiger partial charge is 0.497 e. The molecule has 1 aromatic carbocycles. The second-order valence-corrected chi connectivity index (χ2v) is 5.96. The van der Waals surface area contributed by atoms with Gasteiger partial charge in [-0.3, -0.25) is 4.68 Å². The van der Waals surface area contributed by atoms with Gasteiger partial charge in [0.15, 0.2) is 5.65 Å². The van der Waals surface area contributed by atoms with Crippen molar-refractivity contribution in [1.82, 2.24) is 14.8 Å². The van der Waals surface area contributed by atoms with Gasteiger partial charge in [-0.2, -0.15) is 5.10 Å². The lowest BCUT2D eigenvalue weighted by Crippen LogP contribution is -2.07. The minimum atomic E-state index is -0.602. The standard InChI is InChI=1S/C17H15Cl2N3O3/c1-3-25-17(23)13-14(18)12-9-22(21-16(12)20-15(13)19)8-10-4-6-11(24-2)7-5-10/h4-7,9H,3,8H2,1-2H3. The van der Waals surface area contributed by atoms with Gasteiger partial charge < -0.3 is 9.47 Å². The van der Waals surface area contributed by atoms with E-state index in [-0.39, 0.29) is 22.3 Å². The monoisotopic (exact) mass is 379 g/mol. The number of benzene rings is 1. The molecule has 0 saturated carbocycles. The predicted molar refractivity (Wildman–Crippen MR) is 95.6 cm³/mol. The first-order valence-corrected chi connectivity index (χ1v) is 8.31. The number of ether oxygens (including phenoxy) is 2. The zero-order chi connectivity index (χ0) is 18.0. The molecule has 2 heterocycles. The van der Waals surface area contributed by atoms with Gasteiger partial charge in [0.1, 0.15) is 16.5 Å². The molecule has 0 saturated heterocycles. The molecule has 3 rings (SSSR count). The molecular weight excluding hydrogens is 365 g/mol. The van der Waals surface area contributed by atoms with Crippen LogP contribution in [-0.2, 0) is 11.3 Å². The third-order valence-corrected chi connectivity index (χ3v) is 4.26. The molecule has 25 heavy (non-hydrogen) atoms. The van der Waals surface area contributed by atoms with Crippen molar-refractivity contribution >= 4 is 40.2 Å². The number of hydrogen-bond acceptors (Lipinski definition) is 5. The van der Waals surface area contributed by atoms with Gasteiger partial charge in [-0.25, -0.2) is 9.78 Å². The number of halogens is 2. The van der Waals surface area contributed by atoms with E-state index >= 15 is 0 Å². The van der Waals surface area contributed by atoms with Crippen LogP contribution in [-0.4, -0.2) is 34.5 Å². The van der Waals surface area contributed by atoms with Gasteiger partial charge >= 0.3 is 5.97 Å². The van der Waals surface area contributed by atoms with Crippen molar-refractivity contribution in [1.29, 1.82) is 0 Å². The molecule has 2 aromatic heterocycles. The second kappa shape index (κ2) is 7.29. The Hall–Kier alpha value is -2.31. The normalized spacial score (nSPS) is 10.9. The van der Waals surface area contributed by atoms with Crippen molar-refractivity contribution in [2.45, 2.75) is 13.5 Å². The molecule has 0 atom stereocenters. The summed E-state index contributed by atoms with van der Waals surface area (Å²) >= 11 is 12.4. The van der Waals surface area contributed by atoms with E-state index in [2.05, 4.69) is 10.1 Å². The van der Waals surface area contributed by atoms with E-state index in [4.69, 9.17) is 32.7 Å². The number of carbonyl (C=O) groups excluding carboxylic acids is 1. The molecule has 0 aliphatic carbocycles. The van der Waals surface area contributed by atoms with Gasteiger partial charge in [0.25, 0.3) is 0 Å². The molecular formula is C17H15Cl2N3O3. The second-order valence-electron chi connectivity index (χ2n) is 5.22. The van der Waals surface area contributed by atoms with E-state index in [1.54, 1.807) is 24.9 Å². The maximum atomic E-state index is 12.0. The highest BCUT2D eigenvalue weighted by Crippen LogP contribution is 2.31. The fourth-order valence-electron chi connectivity index (χ4n) is 2.40. The molecule has 0 unspecified atom stereocenters. The van der Waals surface area contributed by atoms with Crippen molar-refractivity contribution in [3.63, 3.8) is 0 Å². The third kappa shape index (κ3) is 3.55. The molecule has 6 nitrogen and oxygen atoms in total. The van der Waals surface area contributed by atoms with Gasteiger partial charge in [0, 0.05) is 6.20 Å². The Morgan fingerprint density at radius 2 is 1.96 bits per heavy atom. The van der Waals surface area contributed by atoms with Crippen LogP contribution < -0.4 is 4.74 Å². The molecule has 0 N–H and O–H groups in total. The Morgan fingerprint density at radius 3 is 2.60 bits per heavy atom. The van der Waals surface area contributed by atoms with Crippen LogP contribution in [0, 0.1) is 0 Å². The van der Waals surface area contributed by atoms with Crippen LogP contribution in [0.1, 0.15) is 22.8 Å². The molecule has 8 heteroatoms. The van der Waals surface area contributed by atoms with Crippen LogP contribution in [0.25, 0.3) is 11.0 Å². The summed E-state index contributed by atoms with van der Waals surface area (Å²) in [4.78, 5) is 16.2. The van der Waals surface area contributed by atoms with Crippen molar-refractivity contribution < 1.29 is 14.3 Å². The number of nitrogens with zero attached hydrogens (tertiary/aromatic N) is 3. The number of carbonyl (C=O) groups is 1. The molecule has 0 spiro atoms. The van der Waals surface area contributed by atoms with Gasteiger partial charge in [-0.1, -0.05) is 35.3 Å². The Kier molecular flexibility index (Phi) is 5.11. The van der Waals surface area contributed by atoms with Crippen LogP contribution in [0.4, 0.5) is 0 Å². The van der Waals surface area contributed by atoms with E-state index in [9.17, 15) is 4.79 Å². The quantitative estimate of drug-likeness (QED) is 0.495. The van der Waals surface area contributed by atoms with Gasteiger partial charge in [0.2, 0.25) is 0 Å². The lowest BCUT2D eigenvalue weighted by Gasteiger charge is -2.05. The summed E-state index contributed by atoms with van der Waals surface area (Å²) in [5.41, 5.74) is 1.46. The molecule has 0 amide bonds. The summed E-state index contributed by atoms with van der Waals surface area (Å²) in [5.74, 6) is 0.180. The maximum Gasteiger partial charge on any atom is 0.342 e. The molecule has 0 bridgehead atoms. The minimum Gasteiger partial charge on any atom is -0.497 e. The smallest absolute Gasteiger partial charge is 0.342 e. The van der Waals surface area contributed by atoms with Crippen LogP contribution in [0.3, 0.4) is 0 Å². The Morgan fingerprint density at radius 1 is 1.24 bits per heavy atom. The van der Waals surface area contributed by atoms with Crippen LogP contribution >= 0.6 is 23.2 Å². The van der Waals surface area contributed by atoms with E-state index in [0.717, 1.165) is 11.3 Å². The fraction of sp³-hybridized carbons (Fsp3) is 0.235. The van der Waals surface area contributed by atoms with E-state index in [0.29, 0.717) is 17.6 Å². The van der Waals surface area contributed by atoms with Crippen molar-refractivity contribution in [2.24, 2.45) is 0 Å². The maximum absolute atomic E-state index is 12.0. The summed E-state index contributed by atoms with van der Waals surface area (Å²) < 4.78 is 11.8. The first-order chi connectivity index (χ1) is 12.0. The number of esters is 1. The molecule has 3 aromatic rings. The number of fused-ring (bicyclic) bond motifs is 1. The SMILES string of the molecule is CCOC(=O)c1c(Cl)nc2nn(Cc3ccc(OC)cc3)cc2c1Cl. The summed E-state index contributed by atoms with van der Waals surface area (Å²) in [6.45, 7) is 2.45. The lowest BCUT2D eigenvalue weighted by molar-refractivity contribution is 0.0526. The first-order valence-electron chi connectivity index (χ1n) is 7.55. The van der Waals surface area contributed by atoms with E-state index in [1.165, 1.54) is 0 Å². The first kappa shape index (κ1) is 17.5. The zero-order valence-electron chi connectivity index (χ0n) is 13.6. The van der Waals surface area contributed by atoms with E-state index < -0.39 is 5.97 Å². The van der Waals surface area contributed by atoms with Gasteiger partial charge in [-0.05, 0) is 24.6 Å². The molecule has 0 radical (unpaired) electrons. The highest BCUT2D eigenvalue weighted by molar-refractivity contribution is 6.42. The topological polar surface area (TPSA) is 66.2 Å². The molecule has 130 valence electrons. The Labute approximate surface area is 154 Å². The number of methoxy groups -OCH3 is 1. The van der Waals surface area contributed by atoms with Crippen LogP contribution in [0.15, 0.2) is 30.5 Å². The average molecular weight is 380 g/mol. The molecule has 0 aliphatic heterocycles. The van der Waals surface area contributed by atoms with Crippen molar-refractivity contribution in [3.8, 4) is 5.75 Å². The number of pyridine rings is 1. The predicted octanol–water partition coefficient (Wildman–Crippen LogP) is 3.97. The highest BCUT2D eigenvalue weighted by atomic mass is 35.5. The number of rotatable bonds is 5.